The van der Waals surface area contributed by atoms with Gasteiger partial charge < -0.3 is 0 Å². The molecule has 0 N–H and O–H groups in total. The molecule has 49 heavy (non-hydrogen) atoms. The van der Waals surface area contributed by atoms with E-state index in [9.17, 15) is 0 Å². The molecule has 2 fully saturated rings. The third-order valence-electron chi connectivity index (χ3n) is 7.49. The van der Waals surface area contributed by atoms with Crippen LogP contribution < -0.4 is 0 Å². The summed E-state index contributed by atoms with van der Waals surface area (Å²) in [7, 11) is 0. The maximum absolute atomic E-state index is 2.65. The molecule has 0 spiro atoms. The third kappa shape index (κ3) is 66.8. The molecule has 320 valence electrons. The predicted molar refractivity (Wildman–Crippen MR) is 253 cm³/mol. The first kappa shape index (κ1) is 87.1. The van der Waals surface area contributed by atoms with Gasteiger partial charge in [-0.3, -0.25) is 0 Å². The Morgan fingerprint density at radius 1 is 0.388 bits per heavy atom. The van der Waals surface area contributed by atoms with Crippen LogP contribution in [0.5, 0.6) is 0 Å². The summed E-state index contributed by atoms with van der Waals surface area (Å²) in [4.78, 5) is 0. The molecule has 2 atom stereocenters. The Morgan fingerprint density at radius 3 is 0.878 bits per heavy atom. The molecular weight excluding hydrogens is 589 g/mol. The van der Waals surface area contributed by atoms with Crippen molar-refractivity contribution >= 4 is 0 Å². The minimum absolute atomic E-state index is 0.628. The van der Waals surface area contributed by atoms with Gasteiger partial charge in [0.1, 0.15) is 0 Å². The first-order valence-electron chi connectivity index (χ1n) is 24.0. The fourth-order valence-corrected chi connectivity index (χ4v) is 5.19. The predicted octanol–water partition coefficient (Wildman–Crippen LogP) is 21.7. The molecule has 0 aromatic carbocycles. The number of hydrogen-bond acceptors (Lipinski definition) is 0. The Balaban J connectivity index is -0.0000000355. The molecule has 0 aromatic rings. The van der Waals surface area contributed by atoms with Gasteiger partial charge in [0.15, 0.2) is 0 Å². The van der Waals surface area contributed by atoms with Crippen molar-refractivity contribution in [1.82, 2.24) is 0 Å². The van der Waals surface area contributed by atoms with E-state index in [-0.39, 0.29) is 0 Å². The summed E-state index contributed by atoms with van der Waals surface area (Å²) in [6.45, 7) is 66.1. The van der Waals surface area contributed by atoms with Gasteiger partial charge in [0.2, 0.25) is 0 Å². The molecule has 0 heterocycles. The lowest BCUT2D eigenvalue weighted by molar-refractivity contribution is -0.00762. The molecule has 0 nitrogen and oxygen atoms in total. The summed E-state index contributed by atoms with van der Waals surface area (Å²) in [5.41, 5.74) is 1.26. The van der Waals surface area contributed by atoms with Gasteiger partial charge in [-0.2, -0.15) is 0 Å². The number of rotatable bonds is 6. The SMILES string of the molecule is CC.CC.CC.CC.CC.CC.CC.CC.CC.CC.CC.CC.CC.CC.CCCCC1(C)CCCCC1(C)CCC1CCC(C)CC1. The van der Waals surface area contributed by atoms with Crippen LogP contribution in [0.15, 0.2) is 0 Å². The Morgan fingerprint density at radius 2 is 0.633 bits per heavy atom. The Hall–Kier alpha value is 0. The van der Waals surface area contributed by atoms with E-state index in [1.807, 2.05) is 194 Å². The molecule has 0 aromatic heterocycles. The van der Waals surface area contributed by atoms with E-state index in [0.29, 0.717) is 10.8 Å². The van der Waals surface area contributed by atoms with Crippen LogP contribution in [-0.2, 0) is 0 Å². The summed E-state index contributed by atoms with van der Waals surface area (Å²) in [5.74, 6) is 2.05. The lowest BCUT2D eigenvalue weighted by Gasteiger charge is -2.51. The average molecular weight is 714 g/mol. The molecule has 2 unspecified atom stereocenters. The fraction of sp³-hybridized carbons (Fsp3) is 1.00. The molecule has 0 saturated heterocycles. The fourth-order valence-electron chi connectivity index (χ4n) is 5.19. The first-order valence-corrected chi connectivity index (χ1v) is 24.0. The molecule has 2 aliphatic carbocycles. The minimum atomic E-state index is 0.628. The van der Waals surface area contributed by atoms with Crippen molar-refractivity contribution in [3.8, 4) is 0 Å². The molecule has 2 aliphatic rings. The summed E-state index contributed by atoms with van der Waals surface area (Å²) < 4.78 is 0. The molecule has 0 bridgehead atoms. The zero-order chi connectivity index (χ0) is 43.3. The monoisotopic (exact) mass is 713 g/mol. The highest BCUT2D eigenvalue weighted by Crippen LogP contribution is 2.56. The van der Waals surface area contributed by atoms with Gasteiger partial charge in [-0.15, -0.1) is 0 Å². The molecule has 0 amide bonds. The van der Waals surface area contributed by atoms with Gasteiger partial charge in [-0.05, 0) is 54.8 Å². The number of hydrogen-bond donors (Lipinski definition) is 0. The maximum atomic E-state index is 2.65. The number of unbranched alkanes of at least 4 members (excludes halogenated alkanes) is 1. The van der Waals surface area contributed by atoms with E-state index in [0.717, 1.165) is 11.8 Å². The van der Waals surface area contributed by atoms with Gasteiger partial charge in [0.05, 0.1) is 0 Å². The van der Waals surface area contributed by atoms with Crippen LogP contribution in [0.3, 0.4) is 0 Å². The highest BCUT2D eigenvalue weighted by atomic mass is 14.5. The Labute approximate surface area is 326 Å². The van der Waals surface area contributed by atoms with Gasteiger partial charge in [0, 0.05) is 0 Å². The lowest BCUT2D eigenvalue weighted by Crippen LogP contribution is -2.41. The van der Waals surface area contributed by atoms with E-state index in [1.165, 1.54) is 83.5 Å². The van der Waals surface area contributed by atoms with Crippen molar-refractivity contribution in [2.24, 2.45) is 22.7 Å². The lowest BCUT2D eigenvalue weighted by atomic mass is 9.54. The molecule has 0 radical (unpaired) electrons. The Bertz CT molecular complexity index is 299. The molecule has 2 saturated carbocycles. The van der Waals surface area contributed by atoms with Crippen molar-refractivity contribution in [2.45, 2.75) is 305 Å². The molecule has 0 heteroatoms. The van der Waals surface area contributed by atoms with E-state index >= 15 is 0 Å². The summed E-state index contributed by atoms with van der Waals surface area (Å²) >= 11 is 0. The standard InChI is InChI=1S/C21H40.14C2H6/c1-5-6-14-20(3)15-7-8-16-21(20,4)17-13-19-11-9-18(2)10-12-19;14*1-2/h18-19H,5-17H2,1-4H3;14*1-2H3. The van der Waals surface area contributed by atoms with Gasteiger partial charge in [0.25, 0.3) is 0 Å². The Kier molecular flexibility index (Phi) is 196. The zero-order valence-corrected chi connectivity index (χ0v) is 43.3. The van der Waals surface area contributed by atoms with Crippen molar-refractivity contribution < 1.29 is 0 Å². The van der Waals surface area contributed by atoms with E-state index < -0.39 is 0 Å². The van der Waals surface area contributed by atoms with Crippen LogP contribution >= 0.6 is 0 Å². The van der Waals surface area contributed by atoms with E-state index in [4.69, 9.17) is 0 Å². The smallest absolute Gasteiger partial charge is 0.0272 e. The molecular formula is C49H124. The second-order valence-corrected chi connectivity index (χ2v) is 9.10. The van der Waals surface area contributed by atoms with Crippen LogP contribution in [-0.4, -0.2) is 0 Å². The van der Waals surface area contributed by atoms with Gasteiger partial charge >= 0.3 is 0 Å². The third-order valence-corrected chi connectivity index (χ3v) is 7.49. The van der Waals surface area contributed by atoms with Gasteiger partial charge in [-0.25, -0.2) is 0 Å². The van der Waals surface area contributed by atoms with Crippen LogP contribution in [0.2, 0.25) is 0 Å². The largest absolute Gasteiger partial charge is 0.0683 e. The molecule has 0 aliphatic heterocycles. The van der Waals surface area contributed by atoms with Crippen LogP contribution in [0.1, 0.15) is 305 Å². The second kappa shape index (κ2) is 110. The normalized spacial score (nSPS) is 19.3. The summed E-state index contributed by atoms with van der Waals surface area (Å²) in [5, 5.41) is 0. The highest BCUT2D eigenvalue weighted by molar-refractivity contribution is 4.95. The van der Waals surface area contributed by atoms with Gasteiger partial charge in [-0.1, -0.05) is 273 Å². The average Bonchev–Trinajstić information content (AvgIpc) is 3.25. The highest BCUT2D eigenvalue weighted by Gasteiger charge is 2.45. The topological polar surface area (TPSA) is 0 Å². The minimum Gasteiger partial charge on any atom is -0.0683 e. The first-order chi connectivity index (χ1) is 24.0. The van der Waals surface area contributed by atoms with Crippen LogP contribution in [0, 0.1) is 22.7 Å². The summed E-state index contributed by atoms with van der Waals surface area (Å²) in [6.07, 6.45) is 19.3. The van der Waals surface area contributed by atoms with E-state index in [2.05, 4.69) is 27.7 Å². The van der Waals surface area contributed by atoms with Crippen LogP contribution in [0.25, 0.3) is 0 Å². The van der Waals surface area contributed by atoms with Crippen LogP contribution in [0.4, 0.5) is 0 Å². The zero-order valence-electron chi connectivity index (χ0n) is 43.3. The second-order valence-electron chi connectivity index (χ2n) is 9.10. The van der Waals surface area contributed by atoms with Crippen molar-refractivity contribution in [3.63, 3.8) is 0 Å². The summed E-state index contributed by atoms with van der Waals surface area (Å²) in [6, 6.07) is 0. The van der Waals surface area contributed by atoms with E-state index in [1.54, 1.807) is 0 Å². The maximum Gasteiger partial charge on any atom is -0.0272 e. The van der Waals surface area contributed by atoms with Crippen molar-refractivity contribution in [3.05, 3.63) is 0 Å². The van der Waals surface area contributed by atoms with Crippen molar-refractivity contribution in [1.29, 1.82) is 0 Å². The molecule has 2 rings (SSSR count). The van der Waals surface area contributed by atoms with Crippen molar-refractivity contribution in [2.75, 3.05) is 0 Å². The quantitative estimate of drug-likeness (QED) is 0.257.